The van der Waals surface area contributed by atoms with Crippen molar-refractivity contribution < 1.29 is 40.1 Å². The molecule has 1 unspecified atom stereocenters. The first kappa shape index (κ1) is 19.1. The molecule has 0 spiro atoms. The summed E-state index contributed by atoms with van der Waals surface area (Å²) in [6.45, 7) is -1.06. The molecule has 2 aliphatic heterocycles. The lowest BCUT2D eigenvalue weighted by Gasteiger charge is -2.18. The third kappa shape index (κ3) is 3.30. The van der Waals surface area contributed by atoms with E-state index >= 15 is 0 Å². The van der Waals surface area contributed by atoms with E-state index in [2.05, 4.69) is 15.3 Å². The van der Waals surface area contributed by atoms with Gasteiger partial charge in [-0.05, 0) is 0 Å². The molecule has 1 aromatic heterocycles. The molecule has 1 aromatic rings. The molecule has 0 aromatic carbocycles. The maximum absolute atomic E-state index is 12.2. The fourth-order valence-corrected chi connectivity index (χ4v) is 2.84. The van der Waals surface area contributed by atoms with Crippen LogP contribution in [0.1, 0.15) is 6.23 Å². The van der Waals surface area contributed by atoms with Gasteiger partial charge in [0.15, 0.2) is 12.5 Å². The number of rotatable bonds is 5. The van der Waals surface area contributed by atoms with Gasteiger partial charge in [-0.15, -0.1) is 0 Å². The molecular weight excluding hydrogens is 356 g/mol. The molecule has 2 aliphatic rings. The maximum atomic E-state index is 12.2. The molecule has 13 heteroatoms. The van der Waals surface area contributed by atoms with E-state index in [0.29, 0.717) is 0 Å². The van der Waals surface area contributed by atoms with Gasteiger partial charge in [-0.2, -0.15) is 4.98 Å². The summed E-state index contributed by atoms with van der Waals surface area (Å²) in [6, 6.07) is 0. The van der Waals surface area contributed by atoms with E-state index in [4.69, 9.17) is 19.7 Å². The SMILES string of the molecule is O=c1nc(NC2O[C@H](CO)[C@@H](O)[C@H]2O)ncn1[C@@H]1O[C@H](CO)[C@@H](O)[C@H]1O. The van der Waals surface area contributed by atoms with Crippen molar-refractivity contribution in [3.05, 3.63) is 16.8 Å². The second-order valence-electron chi connectivity index (χ2n) is 6.00. The van der Waals surface area contributed by atoms with Crippen LogP contribution < -0.4 is 11.0 Å². The monoisotopic (exact) mass is 376 g/mol. The van der Waals surface area contributed by atoms with Crippen LogP contribution in [-0.2, 0) is 9.47 Å². The van der Waals surface area contributed by atoms with Gasteiger partial charge >= 0.3 is 5.69 Å². The summed E-state index contributed by atoms with van der Waals surface area (Å²) in [7, 11) is 0. The standard InChI is InChI=1S/C13H20N4O9/c18-1-4-6(20)8(22)10(25-4)15-12-14-3-17(13(24)16-12)11-9(23)7(21)5(2-19)26-11/h3-11,18-23H,1-2H2,(H,15,16,24)/t4-,5-,6-,7-,8-,9-,10?,11-/m1/s1. The van der Waals surface area contributed by atoms with Crippen molar-refractivity contribution >= 4 is 5.95 Å². The Morgan fingerprint density at radius 2 is 1.62 bits per heavy atom. The number of hydrogen-bond donors (Lipinski definition) is 7. The molecule has 0 amide bonds. The first-order valence-corrected chi connectivity index (χ1v) is 7.84. The number of anilines is 1. The zero-order chi connectivity index (χ0) is 19.0. The van der Waals surface area contributed by atoms with Gasteiger partial charge in [0.1, 0.15) is 43.0 Å². The average Bonchev–Trinajstić information content (AvgIpc) is 3.06. The topological polar surface area (TPSA) is 200 Å². The number of nitrogens with zero attached hydrogens (tertiary/aromatic N) is 3. The number of ether oxygens (including phenoxy) is 2. The summed E-state index contributed by atoms with van der Waals surface area (Å²) in [4.78, 5) is 19.6. The Hall–Kier alpha value is -1.71. The molecule has 0 bridgehead atoms. The Morgan fingerprint density at radius 1 is 1.00 bits per heavy atom. The fraction of sp³-hybridized carbons (Fsp3) is 0.769. The predicted molar refractivity (Wildman–Crippen MR) is 80.7 cm³/mol. The third-order valence-electron chi connectivity index (χ3n) is 4.33. The molecule has 3 heterocycles. The molecule has 0 aliphatic carbocycles. The van der Waals surface area contributed by atoms with Crippen LogP contribution in [-0.4, -0.2) is 101 Å². The van der Waals surface area contributed by atoms with E-state index in [0.717, 1.165) is 10.9 Å². The molecule has 2 saturated heterocycles. The highest BCUT2D eigenvalue weighted by atomic mass is 16.6. The first-order chi connectivity index (χ1) is 12.4. The lowest BCUT2D eigenvalue weighted by molar-refractivity contribution is -0.0554. The third-order valence-corrected chi connectivity index (χ3v) is 4.33. The van der Waals surface area contributed by atoms with Crippen LogP contribution in [0, 0.1) is 0 Å². The van der Waals surface area contributed by atoms with Crippen LogP contribution >= 0.6 is 0 Å². The van der Waals surface area contributed by atoms with Crippen LogP contribution in [0.4, 0.5) is 5.95 Å². The molecule has 146 valence electrons. The summed E-state index contributed by atoms with van der Waals surface area (Å²) in [5.41, 5.74) is -0.885. The number of aromatic nitrogens is 3. The van der Waals surface area contributed by atoms with Gasteiger partial charge in [-0.3, -0.25) is 4.57 Å². The molecule has 2 fully saturated rings. The van der Waals surface area contributed by atoms with Crippen LogP contribution in [0.3, 0.4) is 0 Å². The van der Waals surface area contributed by atoms with Gasteiger partial charge < -0.3 is 45.4 Å². The molecule has 3 rings (SSSR count). The normalized spacial score (nSPS) is 40.1. The van der Waals surface area contributed by atoms with Crippen LogP contribution in [0.25, 0.3) is 0 Å². The lowest BCUT2D eigenvalue weighted by atomic mass is 10.1. The summed E-state index contributed by atoms with van der Waals surface area (Å²) in [6.07, 6.45) is -9.03. The number of aliphatic hydroxyl groups is 6. The summed E-state index contributed by atoms with van der Waals surface area (Å²) in [5, 5.41) is 59.8. The molecule has 0 saturated carbocycles. The minimum absolute atomic E-state index is 0.229. The minimum atomic E-state index is -1.47. The van der Waals surface area contributed by atoms with Crippen LogP contribution in [0.5, 0.6) is 0 Å². The predicted octanol–water partition coefficient (Wildman–Crippen LogP) is -4.90. The average molecular weight is 376 g/mol. The smallest absolute Gasteiger partial charge is 0.354 e. The van der Waals surface area contributed by atoms with Crippen molar-refractivity contribution in [3.63, 3.8) is 0 Å². The summed E-state index contributed by atoms with van der Waals surface area (Å²) < 4.78 is 11.3. The highest BCUT2D eigenvalue weighted by Crippen LogP contribution is 2.28. The van der Waals surface area contributed by atoms with E-state index in [1.165, 1.54) is 0 Å². The van der Waals surface area contributed by atoms with Gasteiger partial charge in [-0.25, -0.2) is 9.78 Å². The molecule has 7 N–H and O–H groups in total. The zero-order valence-corrected chi connectivity index (χ0v) is 13.4. The molecule has 0 radical (unpaired) electrons. The second kappa shape index (κ2) is 7.50. The van der Waals surface area contributed by atoms with Crippen molar-refractivity contribution in [3.8, 4) is 0 Å². The number of hydrogen-bond acceptors (Lipinski definition) is 12. The van der Waals surface area contributed by atoms with Crippen molar-refractivity contribution in [1.29, 1.82) is 0 Å². The van der Waals surface area contributed by atoms with Crippen molar-refractivity contribution in [2.75, 3.05) is 18.5 Å². The molecule has 26 heavy (non-hydrogen) atoms. The Bertz CT molecular complexity index is 688. The van der Waals surface area contributed by atoms with Crippen molar-refractivity contribution in [2.24, 2.45) is 0 Å². The maximum Gasteiger partial charge on any atom is 0.354 e. The lowest BCUT2D eigenvalue weighted by Crippen LogP contribution is -2.39. The van der Waals surface area contributed by atoms with Crippen molar-refractivity contribution in [2.45, 2.75) is 49.1 Å². The molecule has 8 atom stereocenters. The Kier molecular flexibility index (Phi) is 5.50. The van der Waals surface area contributed by atoms with E-state index in [-0.39, 0.29) is 5.95 Å². The number of aliphatic hydroxyl groups excluding tert-OH is 6. The van der Waals surface area contributed by atoms with Crippen LogP contribution in [0.2, 0.25) is 0 Å². The van der Waals surface area contributed by atoms with E-state index in [9.17, 15) is 25.2 Å². The Balaban J connectivity index is 1.74. The van der Waals surface area contributed by atoms with Gasteiger partial charge in [0.25, 0.3) is 0 Å². The Labute approximate surface area is 146 Å². The highest BCUT2D eigenvalue weighted by molar-refractivity contribution is 5.24. The van der Waals surface area contributed by atoms with E-state index in [1.54, 1.807) is 0 Å². The number of nitrogens with one attached hydrogen (secondary N) is 1. The highest BCUT2D eigenvalue weighted by Gasteiger charge is 2.44. The molecular formula is C13H20N4O9. The zero-order valence-electron chi connectivity index (χ0n) is 13.4. The largest absolute Gasteiger partial charge is 0.394 e. The summed E-state index contributed by atoms with van der Waals surface area (Å²) in [5.74, 6) is -0.229. The quantitative estimate of drug-likeness (QED) is 0.259. The first-order valence-electron chi connectivity index (χ1n) is 7.84. The second-order valence-corrected chi connectivity index (χ2v) is 6.00. The molecule has 13 nitrogen and oxygen atoms in total. The fourth-order valence-electron chi connectivity index (χ4n) is 2.84. The van der Waals surface area contributed by atoms with Gasteiger partial charge in [0.05, 0.1) is 13.2 Å². The minimum Gasteiger partial charge on any atom is -0.394 e. The van der Waals surface area contributed by atoms with E-state index in [1.807, 2.05) is 0 Å². The van der Waals surface area contributed by atoms with Gasteiger partial charge in [-0.1, -0.05) is 0 Å². The van der Waals surface area contributed by atoms with Crippen molar-refractivity contribution in [1.82, 2.24) is 14.5 Å². The summed E-state index contributed by atoms with van der Waals surface area (Å²) >= 11 is 0. The van der Waals surface area contributed by atoms with Crippen LogP contribution in [0.15, 0.2) is 11.1 Å². The Morgan fingerprint density at radius 3 is 2.15 bits per heavy atom. The van der Waals surface area contributed by atoms with Gasteiger partial charge in [0.2, 0.25) is 5.95 Å². The van der Waals surface area contributed by atoms with E-state index < -0.39 is 68.0 Å². The van der Waals surface area contributed by atoms with Gasteiger partial charge in [0, 0.05) is 0 Å².